The molecule has 1 amide bonds. The lowest BCUT2D eigenvalue weighted by molar-refractivity contribution is 0.102. The van der Waals surface area contributed by atoms with Gasteiger partial charge in [-0.15, -0.1) is 0 Å². The molecule has 0 saturated carbocycles. The molecule has 3 N–H and O–H groups in total. The number of nitrogens with two attached hydrogens (primary N) is 1. The molecule has 0 heterocycles. The van der Waals surface area contributed by atoms with E-state index in [2.05, 4.69) is 40.9 Å². The van der Waals surface area contributed by atoms with Gasteiger partial charge in [0, 0.05) is 20.5 Å². The quantitative estimate of drug-likeness (QED) is 0.625. The molecule has 2 aromatic carbocycles. The molecule has 104 valence electrons. The number of halogens is 1. The van der Waals surface area contributed by atoms with Gasteiger partial charge in [0.2, 0.25) is 0 Å². The molecular formula is C16H17IN2O. The van der Waals surface area contributed by atoms with E-state index in [1.165, 1.54) is 3.57 Å². The van der Waals surface area contributed by atoms with Crippen LogP contribution in [0.25, 0.3) is 0 Å². The first-order valence-corrected chi connectivity index (χ1v) is 7.55. The fraction of sp³-hybridized carbons (Fsp3) is 0.188. The third-order valence-corrected chi connectivity index (χ3v) is 3.90. The minimum atomic E-state index is -0.107. The number of carbonyl (C=O) groups is 1. The molecule has 0 unspecified atom stereocenters. The molecule has 0 aromatic heterocycles. The minimum Gasteiger partial charge on any atom is -0.399 e. The van der Waals surface area contributed by atoms with Crippen LogP contribution in [0.1, 0.15) is 28.4 Å². The Morgan fingerprint density at radius 1 is 1.25 bits per heavy atom. The number of aryl methyl sites for hydroxylation is 2. The van der Waals surface area contributed by atoms with E-state index in [9.17, 15) is 4.79 Å². The number of anilines is 2. The molecule has 4 heteroatoms. The van der Waals surface area contributed by atoms with Gasteiger partial charge < -0.3 is 11.1 Å². The average Bonchev–Trinajstić information content (AvgIpc) is 2.43. The lowest BCUT2D eigenvalue weighted by atomic mass is 10.1. The van der Waals surface area contributed by atoms with E-state index in [4.69, 9.17) is 5.73 Å². The largest absolute Gasteiger partial charge is 0.399 e. The summed E-state index contributed by atoms with van der Waals surface area (Å²) in [6.07, 6.45) is 0.882. The van der Waals surface area contributed by atoms with Crippen molar-refractivity contribution in [1.82, 2.24) is 0 Å². The highest BCUT2D eigenvalue weighted by atomic mass is 127. The van der Waals surface area contributed by atoms with E-state index in [1.807, 2.05) is 25.1 Å². The highest BCUT2D eigenvalue weighted by Gasteiger charge is 2.09. The summed E-state index contributed by atoms with van der Waals surface area (Å²) in [6.45, 7) is 3.98. The Morgan fingerprint density at radius 3 is 2.65 bits per heavy atom. The zero-order chi connectivity index (χ0) is 14.7. The molecule has 0 saturated heterocycles. The lowest BCUT2D eigenvalue weighted by Gasteiger charge is -2.11. The van der Waals surface area contributed by atoms with Gasteiger partial charge in [-0.1, -0.05) is 6.92 Å². The van der Waals surface area contributed by atoms with E-state index >= 15 is 0 Å². The molecule has 3 nitrogen and oxygen atoms in total. The van der Waals surface area contributed by atoms with Crippen LogP contribution in [0.3, 0.4) is 0 Å². The summed E-state index contributed by atoms with van der Waals surface area (Å²) in [6, 6.07) is 11.3. The van der Waals surface area contributed by atoms with Gasteiger partial charge in [-0.2, -0.15) is 0 Å². The standard InChI is InChI=1S/C16H17IN2O/c1-3-11-9-13(17)5-7-15(11)19-16(20)12-4-6-14(18)10(2)8-12/h4-9H,3,18H2,1-2H3,(H,19,20). The highest BCUT2D eigenvalue weighted by molar-refractivity contribution is 14.1. The highest BCUT2D eigenvalue weighted by Crippen LogP contribution is 2.21. The molecule has 0 fully saturated rings. The van der Waals surface area contributed by atoms with Crippen molar-refractivity contribution in [3.8, 4) is 0 Å². The number of hydrogen-bond acceptors (Lipinski definition) is 2. The van der Waals surface area contributed by atoms with Gasteiger partial charge in [0.15, 0.2) is 0 Å². The number of rotatable bonds is 3. The molecule has 0 aliphatic carbocycles. The first kappa shape index (κ1) is 14.8. The maximum absolute atomic E-state index is 12.3. The molecule has 0 atom stereocenters. The van der Waals surface area contributed by atoms with Crippen LogP contribution in [0, 0.1) is 10.5 Å². The van der Waals surface area contributed by atoms with Crippen LogP contribution in [0.5, 0.6) is 0 Å². The van der Waals surface area contributed by atoms with Gasteiger partial charge >= 0.3 is 0 Å². The number of hydrogen-bond donors (Lipinski definition) is 2. The van der Waals surface area contributed by atoms with Gasteiger partial charge in [0.25, 0.3) is 5.91 Å². The van der Waals surface area contributed by atoms with E-state index in [0.29, 0.717) is 11.3 Å². The molecule has 0 radical (unpaired) electrons. The Bertz CT molecular complexity index is 653. The third kappa shape index (κ3) is 3.30. The van der Waals surface area contributed by atoms with Crippen LogP contribution in [-0.4, -0.2) is 5.91 Å². The van der Waals surface area contributed by atoms with Crippen molar-refractivity contribution in [2.24, 2.45) is 0 Å². The predicted molar refractivity (Wildman–Crippen MR) is 92.1 cm³/mol. The third-order valence-electron chi connectivity index (χ3n) is 3.23. The number of amides is 1. The monoisotopic (exact) mass is 380 g/mol. The summed E-state index contributed by atoms with van der Waals surface area (Å²) in [7, 11) is 0. The zero-order valence-electron chi connectivity index (χ0n) is 11.5. The Labute approximate surface area is 132 Å². The molecular weight excluding hydrogens is 363 g/mol. The van der Waals surface area contributed by atoms with Crippen LogP contribution in [0.4, 0.5) is 11.4 Å². The first-order chi connectivity index (χ1) is 9.51. The summed E-state index contributed by atoms with van der Waals surface area (Å²) in [4.78, 5) is 12.3. The maximum Gasteiger partial charge on any atom is 0.255 e. The summed E-state index contributed by atoms with van der Waals surface area (Å²) >= 11 is 2.27. The predicted octanol–water partition coefficient (Wildman–Crippen LogP) is 4.00. The molecule has 2 aromatic rings. The summed E-state index contributed by atoms with van der Waals surface area (Å²) in [5.41, 5.74) is 10.0. The van der Waals surface area contributed by atoms with E-state index in [1.54, 1.807) is 12.1 Å². The van der Waals surface area contributed by atoms with Crippen molar-refractivity contribution >= 4 is 39.9 Å². The van der Waals surface area contributed by atoms with E-state index in [-0.39, 0.29) is 5.91 Å². The van der Waals surface area contributed by atoms with Crippen molar-refractivity contribution in [3.63, 3.8) is 0 Å². The molecule has 0 aliphatic heterocycles. The Hall–Kier alpha value is -1.56. The molecule has 0 aliphatic rings. The summed E-state index contributed by atoms with van der Waals surface area (Å²) in [5, 5.41) is 2.97. The Balaban J connectivity index is 2.25. The van der Waals surface area contributed by atoms with Crippen LogP contribution < -0.4 is 11.1 Å². The second kappa shape index (κ2) is 6.26. The minimum absolute atomic E-state index is 0.107. The van der Waals surface area contributed by atoms with Crippen molar-refractivity contribution in [1.29, 1.82) is 0 Å². The number of benzene rings is 2. The van der Waals surface area contributed by atoms with E-state index in [0.717, 1.165) is 23.2 Å². The average molecular weight is 380 g/mol. The number of nitrogen functional groups attached to an aromatic ring is 1. The van der Waals surface area contributed by atoms with Crippen molar-refractivity contribution in [2.45, 2.75) is 20.3 Å². The van der Waals surface area contributed by atoms with Crippen LogP contribution in [-0.2, 0) is 6.42 Å². The second-order valence-corrected chi connectivity index (χ2v) is 5.93. The first-order valence-electron chi connectivity index (χ1n) is 6.47. The second-order valence-electron chi connectivity index (χ2n) is 4.68. The molecule has 0 bridgehead atoms. The smallest absolute Gasteiger partial charge is 0.255 e. The fourth-order valence-corrected chi connectivity index (χ4v) is 2.54. The number of carbonyl (C=O) groups excluding carboxylic acids is 1. The summed E-state index contributed by atoms with van der Waals surface area (Å²) < 4.78 is 1.17. The molecule has 0 spiro atoms. The number of nitrogens with one attached hydrogen (secondary N) is 1. The van der Waals surface area contributed by atoms with Crippen molar-refractivity contribution in [3.05, 3.63) is 56.7 Å². The lowest BCUT2D eigenvalue weighted by Crippen LogP contribution is -2.13. The van der Waals surface area contributed by atoms with Crippen molar-refractivity contribution in [2.75, 3.05) is 11.1 Å². The van der Waals surface area contributed by atoms with Gasteiger partial charge in [-0.25, -0.2) is 0 Å². The van der Waals surface area contributed by atoms with Gasteiger partial charge in [-0.05, 0) is 83.5 Å². The van der Waals surface area contributed by atoms with E-state index < -0.39 is 0 Å². The topological polar surface area (TPSA) is 55.1 Å². The van der Waals surface area contributed by atoms with Gasteiger partial charge in [0.05, 0.1) is 0 Å². The fourth-order valence-electron chi connectivity index (χ4n) is 1.99. The molecule has 2 rings (SSSR count). The summed E-state index contributed by atoms with van der Waals surface area (Å²) in [5.74, 6) is -0.107. The zero-order valence-corrected chi connectivity index (χ0v) is 13.7. The Kier molecular flexibility index (Phi) is 4.65. The normalized spacial score (nSPS) is 10.3. The van der Waals surface area contributed by atoms with Crippen molar-refractivity contribution < 1.29 is 4.79 Å². The SMILES string of the molecule is CCc1cc(I)ccc1NC(=O)c1ccc(N)c(C)c1. The van der Waals surface area contributed by atoms with Gasteiger partial charge in [0.1, 0.15) is 0 Å². The van der Waals surface area contributed by atoms with Crippen LogP contribution in [0.15, 0.2) is 36.4 Å². The molecule has 20 heavy (non-hydrogen) atoms. The van der Waals surface area contributed by atoms with Gasteiger partial charge in [-0.3, -0.25) is 4.79 Å². The van der Waals surface area contributed by atoms with Crippen LogP contribution in [0.2, 0.25) is 0 Å². The van der Waals surface area contributed by atoms with Crippen LogP contribution >= 0.6 is 22.6 Å². The maximum atomic E-state index is 12.3. The Morgan fingerprint density at radius 2 is 2.00 bits per heavy atom.